The number of aliphatic hydroxyl groups is 1. The number of hydrogen-bond donors (Lipinski definition) is 1. The Bertz CT molecular complexity index is 412. The van der Waals surface area contributed by atoms with Gasteiger partial charge in [-0.15, -0.1) is 0 Å². The fourth-order valence-corrected chi connectivity index (χ4v) is 1.96. The molecule has 1 atom stereocenters. The van der Waals surface area contributed by atoms with Crippen molar-refractivity contribution in [3.63, 3.8) is 0 Å². The summed E-state index contributed by atoms with van der Waals surface area (Å²) in [5.41, 5.74) is -1.81. The van der Waals surface area contributed by atoms with E-state index < -0.39 is 23.6 Å². The number of alkyl halides is 3. The lowest BCUT2D eigenvalue weighted by Gasteiger charge is -2.30. The van der Waals surface area contributed by atoms with E-state index in [9.17, 15) is 18.3 Å². The van der Waals surface area contributed by atoms with Gasteiger partial charge in [0.1, 0.15) is 5.60 Å². The first-order chi connectivity index (χ1) is 8.70. The Hall–Kier alpha value is -1.11. The summed E-state index contributed by atoms with van der Waals surface area (Å²) in [4.78, 5) is 0. The Morgan fingerprint density at radius 1 is 1.21 bits per heavy atom. The van der Waals surface area contributed by atoms with Crippen LogP contribution in [0.2, 0.25) is 0 Å². The lowest BCUT2D eigenvalue weighted by Crippen LogP contribution is -2.43. The predicted octanol–water partition coefficient (Wildman–Crippen LogP) is 2.62. The van der Waals surface area contributed by atoms with Crippen LogP contribution in [0.1, 0.15) is 18.1 Å². The van der Waals surface area contributed by atoms with E-state index in [0.717, 1.165) is 12.1 Å². The number of methoxy groups -OCH3 is 2. The van der Waals surface area contributed by atoms with Crippen LogP contribution in [-0.2, 0) is 22.1 Å². The van der Waals surface area contributed by atoms with Gasteiger partial charge in [0.2, 0.25) is 0 Å². The van der Waals surface area contributed by atoms with Crippen LogP contribution in [0.4, 0.5) is 13.2 Å². The van der Waals surface area contributed by atoms with Crippen LogP contribution in [0.5, 0.6) is 0 Å². The van der Waals surface area contributed by atoms with Crippen LogP contribution in [0.25, 0.3) is 0 Å². The molecule has 0 saturated heterocycles. The minimum Gasteiger partial charge on any atom is -0.385 e. The van der Waals surface area contributed by atoms with Crippen molar-refractivity contribution in [3.05, 3.63) is 35.4 Å². The molecule has 108 valence electrons. The van der Waals surface area contributed by atoms with Crippen molar-refractivity contribution in [2.75, 3.05) is 14.2 Å². The summed E-state index contributed by atoms with van der Waals surface area (Å²) in [5.74, 6) is 0. The highest BCUT2D eigenvalue weighted by Gasteiger charge is 2.34. The molecule has 1 N–H and O–H groups in total. The summed E-state index contributed by atoms with van der Waals surface area (Å²) in [7, 11) is 2.71. The number of halogens is 3. The first-order valence-electron chi connectivity index (χ1n) is 5.65. The highest BCUT2D eigenvalue weighted by Crippen LogP contribution is 2.30. The van der Waals surface area contributed by atoms with Gasteiger partial charge in [-0.25, -0.2) is 0 Å². The molecule has 1 aromatic rings. The van der Waals surface area contributed by atoms with E-state index in [1.807, 2.05) is 0 Å². The lowest BCUT2D eigenvalue weighted by atomic mass is 9.94. The maximum atomic E-state index is 12.6. The van der Waals surface area contributed by atoms with Crippen LogP contribution in [0.3, 0.4) is 0 Å². The molecule has 0 fully saturated rings. The Labute approximate surface area is 110 Å². The molecule has 1 rings (SSSR count). The zero-order chi connectivity index (χ0) is 14.7. The Morgan fingerprint density at radius 3 is 2.26 bits per heavy atom. The second-order valence-electron chi connectivity index (χ2n) is 4.54. The van der Waals surface area contributed by atoms with Gasteiger partial charge in [-0.2, -0.15) is 13.2 Å². The molecule has 0 heterocycles. The monoisotopic (exact) mass is 278 g/mol. The summed E-state index contributed by atoms with van der Waals surface area (Å²) in [6, 6.07) is 4.83. The van der Waals surface area contributed by atoms with Crippen LogP contribution in [0.15, 0.2) is 24.3 Å². The van der Waals surface area contributed by atoms with E-state index >= 15 is 0 Å². The molecule has 0 aliphatic rings. The van der Waals surface area contributed by atoms with Gasteiger partial charge >= 0.3 is 6.18 Å². The third kappa shape index (κ3) is 4.19. The first-order valence-corrected chi connectivity index (χ1v) is 5.65. The predicted molar refractivity (Wildman–Crippen MR) is 63.6 cm³/mol. The molecule has 6 heteroatoms. The number of rotatable bonds is 5. The van der Waals surface area contributed by atoms with Crippen LogP contribution >= 0.6 is 0 Å². The van der Waals surface area contributed by atoms with Gasteiger partial charge in [0.05, 0.1) is 5.56 Å². The summed E-state index contributed by atoms with van der Waals surface area (Å²) >= 11 is 0. The molecule has 3 nitrogen and oxygen atoms in total. The van der Waals surface area contributed by atoms with E-state index in [-0.39, 0.29) is 6.42 Å². The van der Waals surface area contributed by atoms with Crippen LogP contribution in [0, 0.1) is 0 Å². The minimum absolute atomic E-state index is 0.0106. The summed E-state index contributed by atoms with van der Waals surface area (Å²) in [6.45, 7) is 1.45. The van der Waals surface area contributed by atoms with Gasteiger partial charge < -0.3 is 14.6 Å². The van der Waals surface area contributed by atoms with Crippen LogP contribution in [-0.4, -0.2) is 31.2 Å². The van der Waals surface area contributed by atoms with Crippen molar-refractivity contribution in [3.8, 4) is 0 Å². The molecular weight excluding hydrogens is 261 g/mol. The lowest BCUT2D eigenvalue weighted by molar-refractivity contribution is -0.207. The van der Waals surface area contributed by atoms with Crippen LogP contribution < -0.4 is 0 Å². The highest BCUT2D eigenvalue weighted by molar-refractivity contribution is 5.26. The van der Waals surface area contributed by atoms with Crippen molar-refractivity contribution in [1.82, 2.24) is 0 Å². The van der Waals surface area contributed by atoms with E-state index in [2.05, 4.69) is 0 Å². The maximum Gasteiger partial charge on any atom is 0.416 e. The smallest absolute Gasteiger partial charge is 0.385 e. The van der Waals surface area contributed by atoms with E-state index in [1.54, 1.807) is 0 Å². The summed E-state index contributed by atoms with van der Waals surface area (Å²) in [6.07, 6.45) is -5.32. The Kier molecular flexibility index (Phi) is 4.95. The van der Waals surface area contributed by atoms with E-state index in [4.69, 9.17) is 9.47 Å². The largest absolute Gasteiger partial charge is 0.416 e. The second kappa shape index (κ2) is 5.90. The summed E-state index contributed by atoms with van der Waals surface area (Å²) < 4.78 is 47.6. The molecule has 0 saturated carbocycles. The molecular formula is C13H17F3O3. The molecule has 0 aromatic heterocycles. The number of benzene rings is 1. The first kappa shape index (κ1) is 15.9. The molecule has 0 spiro atoms. The minimum atomic E-state index is -4.40. The highest BCUT2D eigenvalue weighted by atomic mass is 19.4. The second-order valence-corrected chi connectivity index (χ2v) is 4.54. The molecule has 1 aromatic carbocycles. The average Bonchev–Trinajstić information content (AvgIpc) is 2.28. The van der Waals surface area contributed by atoms with Gasteiger partial charge in [-0.1, -0.05) is 18.2 Å². The number of hydrogen-bond acceptors (Lipinski definition) is 3. The molecule has 0 amide bonds. The van der Waals surface area contributed by atoms with Gasteiger partial charge in [-0.05, 0) is 18.6 Å². The number of ether oxygens (including phenoxy) is 2. The van der Waals surface area contributed by atoms with Gasteiger partial charge in [0.25, 0.3) is 0 Å². The Balaban J connectivity index is 2.94. The van der Waals surface area contributed by atoms with Gasteiger partial charge in [0.15, 0.2) is 6.29 Å². The van der Waals surface area contributed by atoms with Gasteiger partial charge in [-0.3, -0.25) is 0 Å². The molecule has 0 radical (unpaired) electrons. The zero-order valence-electron chi connectivity index (χ0n) is 11.0. The third-order valence-electron chi connectivity index (χ3n) is 2.75. The van der Waals surface area contributed by atoms with Crippen molar-refractivity contribution < 1.29 is 27.8 Å². The zero-order valence-corrected chi connectivity index (χ0v) is 11.0. The van der Waals surface area contributed by atoms with Crippen molar-refractivity contribution in [2.45, 2.75) is 31.4 Å². The fraction of sp³-hybridized carbons (Fsp3) is 0.538. The normalized spacial score (nSPS) is 15.6. The fourth-order valence-electron chi connectivity index (χ4n) is 1.96. The summed E-state index contributed by atoms with van der Waals surface area (Å²) in [5, 5.41) is 10.2. The van der Waals surface area contributed by atoms with E-state index in [0.29, 0.717) is 5.56 Å². The maximum absolute atomic E-state index is 12.6. The quantitative estimate of drug-likeness (QED) is 0.841. The van der Waals surface area contributed by atoms with Crippen molar-refractivity contribution in [2.24, 2.45) is 0 Å². The average molecular weight is 278 g/mol. The van der Waals surface area contributed by atoms with Crippen molar-refractivity contribution >= 4 is 0 Å². The molecule has 1 unspecified atom stereocenters. The molecule has 0 bridgehead atoms. The SMILES string of the molecule is COC(OC)C(C)(O)Cc1cccc(C(F)(F)F)c1. The molecule has 0 aliphatic heterocycles. The van der Waals surface area contributed by atoms with Gasteiger partial charge in [0, 0.05) is 20.6 Å². The topological polar surface area (TPSA) is 38.7 Å². The van der Waals surface area contributed by atoms with Crippen molar-refractivity contribution in [1.29, 1.82) is 0 Å². The molecule has 19 heavy (non-hydrogen) atoms. The van der Waals surface area contributed by atoms with E-state index in [1.165, 1.54) is 33.3 Å². The Morgan fingerprint density at radius 2 is 1.79 bits per heavy atom. The third-order valence-corrected chi connectivity index (χ3v) is 2.75. The molecule has 0 aliphatic carbocycles. The standard InChI is InChI=1S/C13H17F3O3/c1-12(17,11(18-2)19-3)8-9-5-4-6-10(7-9)13(14,15)16/h4-7,11,17H,8H2,1-3H3.